The number of benzene rings is 1. The quantitative estimate of drug-likeness (QED) is 0.491. The van der Waals surface area contributed by atoms with E-state index in [1.54, 1.807) is 6.21 Å². The van der Waals surface area contributed by atoms with Crippen molar-refractivity contribution in [2.24, 2.45) is 5.10 Å². The summed E-state index contributed by atoms with van der Waals surface area (Å²) >= 11 is 2.28. The molecule has 1 heterocycles. The summed E-state index contributed by atoms with van der Waals surface area (Å²) in [6.07, 6.45) is 1.03. The topological polar surface area (TPSA) is 55.6 Å². The zero-order valence-electron chi connectivity index (χ0n) is 12.1. The predicted molar refractivity (Wildman–Crippen MR) is 91.1 cm³/mol. The summed E-state index contributed by atoms with van der Waals surface area (Å²) in [7, 11) is 1.30. The summed E-state index contributed by atoms with van der Waals surface area (Å²) in [4.78, 5) is 11.0. The molecule has 1 aromatic carbocycles. The first-order chi connectivity index (χ1) is 10.0. The molecule has 0 bridgehead atoms. The van der Waals surface area contributed by atoms with E-state index >= 15 is 0 Å². The standard InChI is InChI=1S/C15H16IN3O2/c1-10-8-12(9-17-18-15(20)21-3)11(2)19(10)14-6-4-13(16)5-7-14/h4-9H,1-3H3,(H,18,20)/b17-9+. The number of nitrogens with one attached hydrogen (secondary N) is 1. The van der Waals surface area contributed by atoms with Crippen molar-refractivity contribution in [3.8, 4) is 5.69 Å². The van der Waals surface area contributed by atoms with Crippen molar-refractivity contribution in [3.63, 3.8) is 0 Å². The van der Waals surface area contributed by atoms with Gasteiger partial charge in [0, 0.05) is 26.2 Å². The molecule has 0 aliphatic rings. The van der Waals surface area contributed by atoms with Gasteiger partial charge in [-0.15, -0.1) is 0 Å². The number of halogens is 1. The van der Waals surface area contributed by atoms with Crippen LogP contribution < -0.4 is 5.43 Å². The number of rotatable bonds is 3. The molecule has 0 saturated heterocycles. The van der Waals surface area contributed by atoms with Crippen LogP contribution in [0.4, 0.5) is 4.79 Å². The van der Waals surface area contributed by atoms with E-state index in [9.17, 15) is 4.79 Å². The molecule has 2 rings (SSSR count). The molecule has 0 aliphatic heterocycles. The second kappa shape index (κ2) is 6.75. The van der Waals surface area contributed by atoms with Crippen molar-refractivity contribution in [2.75, 3.05) is 7.11 Å². The number of aryl methyl sites for hydroxylation is 1. The highest BCUT2D eigenvalue weighted by Crippen LogP contribution is 2.20. The highest BCUT2D eigenvalue weighted by Gasteiger charge is 2.09. The van der Waals surface area contributed by atoms with Crippen LogP contribution in [0.3, 0.4) is 0 Å². The van der Waals surface area contributed by atoms with Crippen molar-refractivity contribution < 1.29 is 9.53 Å². The van der Waals surface area contributed by atoms with Gasteiger partial charge in [-0.2, -0.15) is 5.10 Å². The molecule has 1 N–H and O–H groups in total. The van der Waals surface area contributed by atoms with E-state index in [2.05, 4.69) is 66.7 Å². The molecule has 5 nitrogen and oxygen atoms in total. The Morgan fingerprint density at radius 1 is 1.33 bits per heavy atom. The lowest BCUT2D eigenvalue weighted by molar-refractivity contribution is 0.171. The Morgan fingerprint density at radius 3 is 2.62 bits per heavy atom. The van der Waals surface area contributed by atoms with Gasteiger partial charge in [0.2, 0.25) is 0 Å². The number of methoxy groups -OCH3 is 1. The molecular weight excluding hydrogens is 381 g/mol. The normalized spacial score (nSPS) is 10.9. The average Bonchev–Trinajstić information content (AvgIpc) is 2.75. The van der Waals surface area contributed by atoms with Gasteiger partial charge in [-0.1, -0.05) is 0 Å². The molecule has 1 amide bonds. The SMILES string of the molecule is COC(=O)N/N=C/c1cc(C)n(-c2ccc(I)cc2)c1C. The van der Waals surface area contributed by atoms with Crippen LogP contribution in [0.2, 0.25) is 0 Å². The van der Waals surface area contributed by atoms with Crippen molar-refractivity contribution >= 4 is 34.9 Å². The van der Waals surface area contributed by atoms with Gasteiger partial charge in [0.1, 0.15) is 0 Å². The van der Waals surface area contributed by atoms with Crippen molar-refractivity contribution in [1.82, 2.24) is 9.99 Å². The van der Waals surface area contributed by atoms with E-state index in [1.807, 2.05) is 19.9 Å². The van der Waals surface area contributed by atoms with Crippen LogP contribution in [-0.4, -0.2) is 24.0 Å². The molecule has 2 aromatic rings. The second-order valence-electron chi connectivity index (χ2n) is 4.50. The maximum Gasteiger partial charge on any atom is 0.427 e. The Labute approximate surface area is 137 Å². The Morgan fingerprint density at radius 2 is 2.00 bits per heavy atom. The minimum Gasteiger partial charge on any atom is -0.452 e. The molecule has 6 heteroatoms. The maximum atomic E-state index is 11.0. The number of carbonyl (C=O) groups excluding carboxylic acids is 1. The number of nitrogens with zero attached hydrogens (tertiary/aromatic N) is 2. The van der Waals surface area contributed by atoms with Gasteiger partial charge in [-0.25, -0.2) is 10.2 Å². The summed E-state index contributed by atoms with van der Waals surface area (Å²) in [5.41, 5.74) is 6.50. The second-order valence-corrected chi connectivity index (χ2v) is 5.75. The molecular formula is C15H16IN3O2. The van der Waals surface area contributed by atoms with E-state index < -0.39 is 6.09 Å². The molecule has 0 unspecified atom stereocenters. The van der Waals surface area contributed by atoms with Gasteiger partial charge in [0.15, 0.2) is 0 Å². The first-order valence-corrected chi connectivity index (χ1v) is 7.42. The number of amides is 1. The monoisotopic (exact) mass is 397 g/mol. The number of hydrazone groups is 1. The number of aromatic nitrogens is 1. The lowest BCUT2D eigenvalue weighted by atomic mass is 10.2. The van der Waals surface area contributed by atoms with Crippen LogP contribution in [0.15, 0.2) is 35.4 Å². The van der Waals surface area contributed by atoms with Crippen molar-refractivity contribution in [3.05, 3.63) is 50.9 Å². The smallest absolute Gasteiger partial charge is 0.427 e. The predicted octanol–water partition coefficient (Wildman–Crippen LogP) is 3.39. The maximum absolute atomic E-state index is 11.0. The highest BCUT2D eigenvalue weighted by atomic mass is 127. The average molecular weight is 397 g/mol. The van der Waals surface area contributed by atoms with E-state index in [4.69, 9.17) is 0 Å². The van der Waals surface area contributed by atoms with Crippen LogP contribution in [-0.2, 0) is 4.74 Å². The lowest BCUT2D eigenvalue weighted by Crippen LogP contribution is -2.16. The Bertz CT molecular complexity index is 675. The fourth-order valence-corrected chi connectivity index (χ4v) is 2.47. The molecule has 110 valence electrons. The van der Waals surface area contributed by atoms with Gasteiger partial charge < -0.3 is 9.30 Å². The molecule has 1 aromatic heterocycles. The highest BCUT2D eigenvalue weighted by molar-refractivity contribution is 14.1. The molecule has 0 saturated carbocycles. The molecule has 0 atom stereocenters. The van der Waals surface area contributed by atoms with Crippen LogP contribution in [0.5, 0.6) is 0 Å². The zero-order chi connectivity index (χ0) is 15.4. The Kier molecular flexibility index (Phi) is 5.00. The third-order valence-electron chi connectivity index (χ3n) is 3.10. The molecule has 0 aliphatic carbocycles. The largest absolute Gasteiger partial charge is 0.452 e. The van der Waals surface area contributed by atoms with Crippen molar-refractivity contribution in [1.29, 1.82) is 0 Å². The van der Waals surface area contributed by atoms with Crippen LogP contribution in [0, 0.1) is 17.4 Å². The summed E-state index contributed by atoms with van der Waals surface area (Å²) in [5, 5.41) is 3.87. The lowest BCUT2D eigenvalue weighted by Gasteiger charge is -2.09. The summed E-state index contributed by atoms with van der Waals surface area (Å²) in [6, 6.07) is 10.3. The van der Waals surface area contributed by atoms with E-state index in [-0.39, 0.29) is 0 Å². The minimum atomic E-state index is -0.585. The van der Waals surface area contributed by atoms with E-state index in [0.717, 1.165) is 22.6 Å². The van der Waals surface area contributed by atoms with Crippen LogP contribution >= 0.6 is 22.6 Å². The summed E-state index contributed by atoms with van der Waals surface area (Å²) in [5.74, 6) is 0. The first kappa shape index (κ1) is 15.6. The van der Waals surface area contributed by atoms with Crippen molar-refractivity contribution in [2.45, 2.75) is 13.8 Å². The summed E-state index contributed by atoms with van der Waals surface area (Å²) in [6.45, 7) is 4.06. The Balaban J connectivity index is 2.29. The van der Waals surface area contributed by atoms with Crippen LogP contribution in [0.1, 0.15) is 17.0 Å². The van der Waals surface area contributed by atoms with Gasteiger partial charge >= 0.3 is 6.09 Å². The van der Waals surface area contributed by atoms with Crippen LogP contribution in [0.25, 0.3) is 5.69 Å². The third kappa shape index (κ3) is 3.63. The molecule has 0 spiro atoms. The zero-order valence-corrected chi connectivity index (χ0v) is 14.2. The third-order valence-corrected chi connectivity index (χ3v) is 3.82. The van der Waals surface area contributed by atoms with Gasteiger partial charge in [0.25, 0.3) is 0 Å². The molecule has 0 fully saturated rings. The van der Waals surface area contributed by atoms with Gasteiger partial charge in [0.05, 0.1) is 13.3 Å². The minimum absolute atomic E-state index is 0.585. The number of carbonyl (C=O) groups is 1. The van der Waals surface area contributed by atoms with E-state index in [1.165, 1.54) is 10.7 Å². The number of ether oxygens (including phenoxy) is 1. The fraction of sp³-hybridized carbons (Fsp3) is 0.200. The van der Waals surface area contributed by atoms with Gasteiger partial charge in [-0.3, -0.25) is 0 Å². The fourth-order valence-electron chi connectivity index (χ4n) is 2.11. The summed E-state index contributed by atoms with van der Waals surface area (Å²) < 4.78 is 7.80. The van der Waals surface area contributed by atoms with E-state index in [0.29, 0.717) is 0 Å². The molecule has 0 radical (unpaired) electrons. The Hall–Kier alpha value is -1.83. The number of hydrogen-bond acceptors (Lipinski definition) is 3. The van der Waals surface area contributed by atoms with Gasteiger partial charge in [-0.05, 0) is 66.8 Å². The molecule has 21 heavy (non-hydrogen) atoms. The number of hydrogen-bond donors (Lipinski definition) is 1. The first-order valence-electron chi connectivity index (χ1n) is 6.35.